The first kappa shape index (κ1) is 16.2. The number of carbonyl (C=O) groups excluding carboxylic acids is 1. The van der Waals surface area contributed by atoms with Crippen LogP contribution in [0.15, 0.2) is 52.9 Å². The highest BCUT2D eigenvalue weighted by Crippen LogP contribution is 2.24. The fraction of sp³-hybridized carbons (Fsp3) is 0.167. The molecule has 0 fully saturated rings. The molecule has 5 nitrogen and oxygen atoms in total. The fourth-order valence-corrected chi connectivity index (χ4v) is 2.33. The van der Waals surface area contributed by atoms with E-state index in [1.807, 2.05) is 31.2 Å². The first-order valence-electron chi connectivity index (χ1n) is 7.40. The second kappa shape index (κ2) is 6.84. The number of nitrogens with zero attached hydrogens (tertiary/aromatic N) is 2. The lowest BCUT2D eigenvalue weighted by Gasteiger charge is -2.10. The molecule has 0 saturated heterocycles. The summed E-state index contributed by atoms with van der Waals surface area (Å²) in [4.78, 5) is 12.2. The number of ether oxygens (including phenoxy) is 1. The number of hydrogen-bond acceptors (Lipinski definition) is 5. The van der Waals surface area contributed by atoms with E-state index in [1.165, 1.54) is 0 Å². The standard InChI is InChI=1S/C18H15ClN2O3/c1-11-7-9-13(10-8-11)17-21-20-16(24-17)12(2)23-18(22)14-5-3-4-6-15(14)19/h3-10,12H,1-2H3/t12-/m1/s1. The SMILES string of the molecule is Cc1ccc(-c2nnc([C@@H](C)OC(=O)c3ccccc3Cl)o2)cc1. The monoisotopic (exact) mass is 342 g/mol. The van der Waals surface area contributed by atoms with Gasteiger partial charge in [0.2, 0.25) is 5.89 Å². The highest BCUT2D eigenvalue weighted by molar-refractivity contribution is 6.33. The van der Waals surface area contributed by atoms with Crippen molar-refractivity contribution in [2.75, 3.05) is 0 Å². The number of aromatic nitrogens is 2. The summed E-state index contributed by atoms with van der Waals surface area (Å²) in [5.74, 6) is 0.0693. The van der Waals surface area contributed by atoms with Gasteiger partial charge in [-0.2, -0.15) is 0 Å². The molecule has 24 heavy (non-hydrogen) atoms. The summed E-state index contributed by atoms with van der Waals surface area (Å²) in [5.41, 5.74) is 2.24. The molecule has 3 aromatic rings. The van der Waals surface area contributed by atoms with Gasteiger partial charge in [-0.15, -0.1) is 10.2 Å². The van der Waals surface area contributed by atoms with Crippen LogP contribution in [0.2, 0.25) is 5.02 Å². The fourth-order valence-electron chi connectivity index (χ4n) is 2.11. The molecule has 122 valence electrons. The van der Waals surface area contributed by atoms with Crippen LogP contribution < -0.4 is 0 Å². The minimum Gasteiger partial charge on any atom is -0.449 e. The summed E-state index contributed by atoms with van der Waals surface area (Å²) in [6, 6.07) is 14.4. The van der Waals surface area contributed by atoms with E-state index in [0.29, 0.717) is 16.5 Å². The molecule has 2 aromatic carbocycles. The zero-order valence-electron chi connectivity index (χ0n) is 13.2. The van der Waals surface area contributed by atoms with E-state index in [-0.39, 0.29) is 5.89 Å². The maximum absolute atomic E-state index is 12.2. The Morgan fingerprint density at radius 1 is 1.12 bits per heavy atom. The van der Waals surface area contributed by atoms with Crippen molar-refractivity contribution in [2.45, 2.75) is 20.0 Å². The molecule has 0 amide bonds. The van der Waals surface area contributed by atoms with Crippen LogP contribution in [0.25, 0.3) is 11.5 Å². The van der Waals surface area contributed by atoms with E-state index in [2.05, 4.69) is 10.2 Å². The van der Waals surface area contributed by atoms with Gasteiger partial charge in [-0.05, 0) is 38.1 Å². The quantitative estimate of drug-likeness (QED) is 0.647. The summed E-state index contributed by atoms with van der Waals surface area (Å²) in [5, 5.41) is 8.29. The van der Waals surface area contributed by atoms with E-state index in [1.54, 1.807) is 31.2 Å². The second-order valence-corrected chi connectivity index (χ2v) is 5.75. The molecular weight excluding hydrogens is 328 g/mol. The normalized spacial score (nSPS) is 12.0. The maximum Gasteiger partial charge on any atom is 0.340 e. The van der Waals surface area contributed by atoms with Crippen molar-refractivity contribution in [3.05, 3.63) is 70.6 Å². The van der Waals surface area contributed by atoms with Crippen LogP contribution in [-0.2, 0) is 4.74 Å². The Morgan fingerprint density at radius 2 is 1.83 bits per heavy atom. The van der Waals surface area contributed by atoms with Gasteiger partial charge in [0.15, 0.2) is 6.10 Å². The molecule has 0 bridgehead atoms. The minimum atomic E-state index is -0.680. The zero-order chi connectivity index (χ0) is 17.1. The molecule has 0 N–H and O–H groups in total. The van der Waals surface area contributed by atoms with Crippen LogP contribution in [-0.4, -0.2) is 16.2 Å². The zero-order valence-corrected chi connectivity index (χ0v) is 13.9. The van der Waals surface area contributed by atoms with Gasteiger partial charge in [0.05, 0.1) is 10.6 Å². The lowest BCUT2D eigenvalue weighted by atomic mass is 10.1. The van der Waals surface area contributed by atoms with Crippen LogP contribution in [0.5, 0.6) is 0 Å². The molecule has 0 aliphatic heterocycles. The molecular formula is C18H15ClN2O3. The second-order valence-electron chi connectivity index (χ2n) is 5.34. The summed E-state index contributed by atoms with van der Waals surface area (Å²) in [6.45, 7) is 3.67. The van der Waals surface area contributed by atoms with E-state index in [9.17, 15) is 4.79 Å². The van der Waals surface area contributed by atoms with E-state index < -0.39 is 12.1 Å². The number of benzene rings is 2. The van der Waals surface area contributed by atoms with E-state index >= 15 is 0 Å². The van der Waals surface area contributed by atoms with Crippen molar-refractivity contribution in [3.8, 4) is 11.5 Å². The van der Waals surface area contributed by atoms with E-state index in [4.69, 9.17) is 20.8 Å². The predicted octanol–water partition coefficient (Wildman–Crippen LogP) is 4.62. The molecule has 0 spiro atoms. The third-order valence-corrected chi connectivity index (χ3v) is 3.79. The molecule has 1 heterocycles. The van der Waals surface area contributed by atoms with Crippen molar-refractivity contribution in [3.63, 3.8) is 0 Å². The summed E-state index contributed by atoms with van der Waals surface area (Å²) >= 11 is 5.99. The molecule has 3 rings (SSSR count). The van der Waals surface area contributed by atoms with Gasteiger partial charge in [0.1, 0.15) is 0 Å². The third kappa shape index (κ3) is 3.46. The van der Waals surface area contributed by atoms with Crippen molar-refractivity contribution >= 4 is 17.6 Å². The minimum absolute atomic E-state index is 0.228. The molecule has 1 aromatic heterocycles. The van der Waals surface area contributed by atoms with Crippen molar-refractivity contribution in [1.29, 1.82) is 0 Å². The number of aryl methyl sites for hydroxylation is 1. The Bertz CT molecular complexity index is 859. The van der Waals surface area contributed by atoms with Gasteiger partial charge >= 0.3 is 5.97 Å². The molecule has 1 atom stereocenters. The summed E-state index contributed by atoms with van der Waals surface area (Å²) in [6.07, 6.45) is -0.680. The van der Waals surface area contributed by atoms with Gasteiger partial charge in [-0.25, -0.2) is 4.79 Å². The Kier molecular flexibility index (Phi) is 4.62. The molecule has 0 radical (unpaired) electrons. The van der Waals surface area contributed by atoms with Gasteiger partial charge in [0, 0.05) is 5.56 Å². The highest BCUT2D eigenvalue weighted by atomic mass is 35.5. The van der Waals surface area contributed by atoms with Gasteiger partial charge in [0.25, 0.3) is 5.89 Å². The topological polar surface area (TPSA) is 65.2 Å². The number of halogens is 1. The molecule has 0 aliphatic carbocycles. The van der Waals surface area contributed by atoms with Crippen LogP contribution in [0.4, 0.5) is 0 Å². The lowest BCUT2D eigenvalue weighted by Crippen LogP contribution is -2.10. The van der Waals surface area contributed by atoms with Crippen molar-refractivity contribution in [2.24, 2.45) is 0 Å². The van der Waals surface area contributed by atoms with Gasteiger partial charge in [-0.3, -0.25) is 0 Å². The highest BCUT2D eigenvalue weighted by Gasteiger charge is 2.21. The average molecular weight is 343 g/mol. The third-order valence-electron chi connectivity index (χ3n) is 3.46. The van der Waals surface area contributed by atoms with Crippen molar-refractivity contribution in [1.82, 2.24) is 10.2 Å². The van der Waals surface area contributed by atoms with Gasteiger partial charge in [-0.1, -0.05) is 41.4 Å². The molecule has 0 aliphatic rings. The number of rotatable bonds is 4. The number of esters is 1. The van der Waals surface area contributed by atoms with Crippen LogP contribution in [0, 0.1) is 6.92 Å². The van der Waals surface area contributed by atoms with E-state index in [0.717, 1.165) is 11.1 Å². The predicted molar refractivity (Wildman–Crippen MR) is 89.8 cm³/mol. The smallest absolute Gasteiger partial charge is 0.340 e. The van der Waals surface area contributed by atoms with Crippen LogP contribution >= 0.6 is 11.6 Å². The molecule has 0 unspecified atom stereocenters. The number of hydrogen-bond donors (Lipinski definition) is 0. The van der Waals surface area contributed by atoms with Crippen molar-refractivity contribution < 1.29 is 13.9 Å². The number of carbonyl (C=O) groups is 1. The van der Waals surface area contributed by atoms with Crippen LogP contribution in [0.3, 0.4) is 0 Å². The average Bonchev–Trinajstić information content (AvgIpc) is 3.06. The summed E-state index contributed by atoms with van der Waals surface area (Å²) in [7, 11) is 0. The van der Waals surface area contributed by atoms with Gasteiger partial charge < -0.3 is 9.15 Å². The Morgan fingerprint density at radius 3 is 2.54 bits per heavy atom. The Labute approximate surface area is 144 Å². The largest absolute Gasteiger partial charge is 0.449 e. The molecule has 6 heteroatoms. The first-order chi connectivity index (χ1) is 11.5. The first-order valence-corrected chi connectivity index (χ1v) is 7.78. The maximum atomic E-state index is 12.2. The Balaban J connectivity index is 1.74. The summed E-state index contributed by atoms with van der Waals surface area (Å²) < 4.78 is 11.0. The Hall–Kier alpha value is -2.66. The lowest BCUT2D eigenvalue weighted by molar-refractivity contribution is 0.0280. The van der Waals surface area contributed by atoms with Crippen LogP contribution in [0.1, 0.15) is 34.8 Å². The molecule has 0 saturated carbocycles.